The molecule has 3 N–H and O–H groups in total. The number of nitrogens with one attached hydrogen (secondary N) is 1. The minimum atomic E-state index is -0.836. The van der Waals surface area contributed by atoms with E-state index in [4.69, 9.17) is 0 Å². The van der Waals surface area contributed by atoms with Crippen molar-refractivity contribution < 1.29 is 19.6 Å². The van der Waals surface area contributed by atoms with Gasteiger partial charge in [-0.05, 0) is 25.7 Å². The largest absolute Gasteiger partial charge is 0.394 e. The van der Waals surface area contributed by atoms with Gasteiger partial charge in [0.1, 0.15) is 6.54 Å². The fraction of sp³-hybridized carbons (Fsp3) is 0.830. The van der Waals surface area contributed by atoms with Crippen LogP contribution in [0.2, 0.25) is 0 Å². The number of aliphatic hydroxyl groups is 2. The predicted molar refractivity (Wildman–Crippen MR) is 223 cm³/mol. The Kier molecular flexibility index (Phi) is 36.2. The Morgan fingerprint density at radius 3 is 1.37 bits per heavy atom. The Hall–Kier alpha value is -1.72. The fourth-order valence-corrected chi connectivity index (χ4v) is 7.34. The average Bonchev–Trinajstić information content (AvgIpc) is 3.16. The summed E-state index contributed by atoms with van der Waals surface area (Å²) in [5.74, 6) is -0.0625. The van der Waals surface area contributed by atoms with Gasteiger partial charge in [0.2, 0.25) is 5.91 Å². The van der Waals surface area contributed by atoms with Gasteiger partial charge in [-0.25, -0.2) is 4.57 Å². The summed E-state index contributed by atoms with van der Waals surface area (Å²) in [5.41, 5.74) is 0. The SMILES string of the molecule is CCCCCCCCCCCCC/C=C/[C@@H](O)[C@H](CO)NC(=O)CCCCCCCCCCCCCCCCCCCCCCC[n+]1ccccc1. The number of unbranched alkanes of at least 4 members (excludes halogenated alkanes) is 31. The Balaban J connectivity index is 1.80. The second-order valence-corrected chi connectivity index (χ2v) is 15.9. The van der Waals surface area contributed by atoms with Crippen LogP contribution in [0.25, 0.3) is 0 Å². The molecule has 0 radical (unpaired) electrons. The zero-order chi connectivity index (χ0) is 37.4. The number of pyridine rings is 1. The minimum absolute atomic E-state index is 0.0625. The number of carbonyl (C=O) groups excluding carboxylic acids is 1. The third kappa shape index (κ3) is 32.9. The average molecular weight is 728 g/mol. The second-order valence-electron chi connectivity index (χ2n) is 15.9. The molecule has 1 heterocycles. The Labute approximate surface area is 323 Å². The molecular formula is C47H87N2O3+. The summed E-state index contributed by atoms with van der Waals surface area (Å²) in [5, 5.41) is 23.0. The van der Waals surface area contributed by atoms with Crippen LogP contribution in [0.15, 0.2) is 42.7 Å². The van der Waals surface area contributed by atoms with Crippen molar-refractivity contribution in [2.45, 2.75) is 244 Å². The van der Waals surface area contributed by atoms with Crippen LogP contribution in [0.1, 0.15) is 225 Å². The molecule has 1 aromatic rings. The van der Waals surface area contributed by atoms with Crippen LogP contribution in [-0.2, 0) is 11.3 Å². The first-order valence-corrected chi connectivity index (χ1v) is 22.9. The summed E-state index contributed by atoms with van der Waals surface area (Å²) in [4.78, 5) is 12.4. The summed E-state index contributed by atoms with van der Waals surface area (Å²) < 4.78 is 2.29. The molecule has 1 amide bonds. The first-order valence-electron chi connectivity index (χ1n) is 22.9. The molecule has 5 nitrogen and oxygen atoms in total. The second kappa shape index (κ2) is 39.0. The Bertz CT molecular complexity index is 892. The monoisotopic (exact) mass is 728 g/mol. The summed E-state index contributed by atoms with van der Waals surface area (Å²) >= 11 is 0. The third-order valence-corrected chi connectivity index (χ3v) is 10.9. The summed E-state index contributed by atoms with van der Waals surface area (Å²) in [7, 11) is 0. The van der Waals surface area contributed by atoms with Gasteiger partial charge < -0.3 is 15.5 Å². The number of rotatable bonds is 40. The smallest absolute Gasteiger partial charge is 0.220 e. The molecule has 302 valence electrons. The first kappa shape index (κ1) is 48.3. The van der Waals surface area contributed by atoms with E-state index in [9.17, 15) is 15.0 Å². The van der Waals surface area contributed by atoms with Gasteiger partial charge in [-0.15, -0.1) is 0 Å². The van der Waals surface area contributed by atoms with E-state index in [1.165, 1.54) is 186 Å². The van der Waals surface area contributed by atoms with Crippen molar-refractivity contribution >= 4 is 5.91 Å². The number of hydrogen-bond acceptors (Lipinski definition) is 3. The zero-order valence-corrected chi connectivity index (χ0v) is 34.4. The molecule has 0 aliphatic heterocycles. The molecule has 0 aromatic carbocycles. The molecule has 0 saturated heterocycles. The molecule has 0 saturated carbocycles. The number of aliphatic hydroxyl groups excluding tert-OH is 2. The molecular weight excluding hydrogens is 641 g/mol. The quantitative estimate of drug-likeness (QED) is 0.0358. The van der Waals surface area contributed by atoms with E-state index in [1.807, 2.05) is 6.08 Å². The molecule has 0 aliphatic rings. The van der Waals surface area contributed by atoms with E-state index >= 15 is 0 Å². The highest BCUT2D eigenvalue weighted by atomic mass is 16.3. The van der Waals surface area contributed by atoms with Gasteiger partial charge in [0, 0.05) is 25.0 Å². The normalized spacial score (nSPS) is 12.8. The predicted octanol–water partition coefficient (Wildman–Crippen LogP) is 12.7. The van der Waals surface area contributed by atoms with E-state index in [2.05, 4.69) is 47.4 Å². The molecule has 0 bridgehead atoms. The van der Waals surface area contributed by atoms with Crippen LogP contribution in [0.4, 0.5) is 0 Å². The number of nitrogens with zero attached hydrogens (tertiary/aromatic N) is 1. The maximum atomic E-state index is 12.4. The number of hydrogen-bond donors (Lipinski definition) is 3. The maximum Gasteiger partial charge on any atom is 0.220 e. The van der Waals surface area contributed by atoms with Crippen LogP contribution in [0.3, 0.4) is 0 Å². The number of carbonyl (C=O) groups is 1. The minimum Gasteiger partial charge on any atom is -0.394 e. The number of allylic oxidation sites excluding steroid dienone is 1. The van der Waals surface area contributed by atoms with E-state index in [1.54, 1.807) is 6.08 Å². The van der Waals surface area contributed by atoms with Crippen molar-refractivity contribution in [3.63, 3.8) is 0 Å². The lowest BCUT2D eigenvalue weighted by Gasteiger charge is -2.20. The van der Waals surface area contributed by atoms with Crippen LogP contribution in [0.5, 0.6) is 0 Å². The highest BCUT2D eigenvalue weighted by molar-refractivity contribution is 5.76. The molecule has 0 spiro atoms. The van der Waals surface area contributed by atoms with E-state index in [-0.39, 0.29) is 12.5 Å². The van der Waals surface area contributed by atoms with Gasteiger partial charge in [-0.2, -0.15) is 0 Å². The Morgan fingerprint density at radius 2 is 0.942 bits per heavy atom. The van der Waals surface area contributed by atoms with Crippen molar-refractivity contribution in [1.29, 1.82) is 0 Å². The van der Waals surface area contributed by atoms with Gasteiger partial charge in [0.25, 0.3) is 0 Å². The van der Waals surface area contributed by atoms with Gasteiger partial charge in [0.05, 0.1) is 18.8 Å². The molecule has 1 rings (SSSR count). The lowest BCUT2D eigenvalue weighted by Crippen LogP contribution is -2.45. The number of aryl methyl sites for hydroxylation is 1. The maximum absolute atomic E-state index is 12.4. The molecule has 0 aliphatic carbocycles. The first-order chi connectivity index (χ1) is 25.7. The van der Waals surface area contributed by atoms with Crippen LogP contribution in [0, 0.1) is 0 Å². The van der Waals surface area contributed by atoms with E-state index in [0.29, 0.717) is 6.42 Å². The van der Waals surface area contributed by atoms with Gasteiger partial charge in [-0.3, -0.25) is 4.79 Å². The van der Waals surface area contributed by atoms with Crippen molar-refractivity contribution in [2.24, 2.45) is 0 Å². The molecule has 0 fully saturated rings. The number of amides is 1. The van der Waals surface area contributed by atoms with Crippen molar-refractivity contribution in [3.8, 4) is 0 Å². The molecule has 52 heavy (non-hydrogen) atoms. The molecule has 2 atom stereocenters. The van der Waals surface area contributed by atoms with E-state index in [0.717, 1.165) is 32.2 Å². The molecule has 5 heteroatoms. The van der Waals surface area contributed by atoms with Crippen LogP contribution < -0.4 is 9.88 Å². The van der Waals surface area contributed by atoms with Crippen molar-refractivity contribution in [3.05, 3.63) is 42.7 Å². The van der Waals surface area contributed by atoms with Crippen LogP contribution >= 0.6 is 0 Å². The standard InChI is InChI=1S/C47H86N2O3/c1-2-3-4-5-6-7-8-18-21-24-27-30-34-39-46(51)45(44-50)48-47(52)40-35-31-28-25-22-19-16-14-12-10-9-11-13-15-17-20-23-26-29-32-36-41-49-42-37-33-38-43-49/h33-34,37-39,42-43,45-46,50-51H,2-32,35-36,40-41,44H2,1H3/p+1/b39-34+/t45-,46+/m0/s1. The van der Waals surface area contributed by atoms with Gasteiger partial charge >= 0.3 is 0 Å². The van der Waals surface area contributed by atoms with Crippen molar-refractivity contribution in [2.75, 3.05) is 6.61 Å². The summed E-state index contributed by atoms with van der Waals surface area (Å²) in [6, 6.07) is 5.69. The van der Waals surface area contributed by atoms with Gasteiger partial charge in [-0.1, -0.05) is 205 Å². The Morgan fingerprint density at radius 1 is 0.558 bits per heavy atom. The lowest BCUT2D eigenvalue weighted by atomic mass is 10.0. The number of aromatic nitrogens is 1. The lowest BCUT2D eigenvalue weighted by molar-refractivity contribution is -0.697. The highest BCUT2D eigenvalue weighted by Gasteiger charge is 2.18. The summed E-state index contributed by atoms with van der Waals surface area (Å²) in [6.45, 7) is 3.18. The van der Waals surface area contributed by atoms with Crippen molar-refractivity contribution in [1.82, 2.24) is 5.32 Å². The topological polar surface area (TPSA) is 73.4 Å². The van der Waals surface area contributed by atoms with E-state index < -0.39 is 12.1 Å². The highest BCUT2D eigenvalue weighted by Crippen LogP contribution is 2.16. The molecule has 0 unspecified atom stereocenters. The summed E-state index contributed by atoms with van der Waals surface area (Å²) in [6.07, 6.45) is 51.3. The van der Waals surface area contributed by atoms with Gasteiger partial charge in [0.15, 0.2) is 12.4 Å². The third-order valence-electron chi connectivity index (χ3n) is 10.9. The zero-order valence-electron chi connectivity index (χ0n) is 34.4. The van der Waals surface area contributed by atoms with Crippen LogP contribution in [-0.4, -0.2) is 34.9 Å². The molecule has 1 aromatic heterocycles. The fourth-order valence-electron chi connectivity index (χ4n) is 7.34.